The summed E-state index contributed by atoms with van der Waals surface area (Å²) in [6.07, 6.45) is 5.89. The lowest BCUT2D eigenvalue weighted by atomic mass is 10.0. The average molecular weight is 262 g/mol. The maximum absolute atomic E-state index is 10.3. The third-order valence-electron chi connectivity index (χ3n) is 3.65. The van der Waals surface area contributed by atoms with Crippen molar-refractivity contribution in [1.29, 1.82) is 0 Å². The lowest BCUT2D eigenvalue weighted by Crippen LogP contribution is -2.00. The number of fused-ring (bicyclic) bond motifs is 1. The number of pyridine rings is 1. The molecule has 1 atom stereocenters. The van der Waals surface area contributed by atoms with Gasteiger partial charge in [-0.15, -0.1) is 0 Å². The summed E-state index contributed by atoms with van der Waals surface area (Å²) in [5.41, 5.74) is 1.73. The number of hydrogen-bond donors (Lipinski definition) is 1. The summed E-state index contributed by atoms with van der Waals surface area (Å²) in [6, 6.07) is 7.56. The molecule has 3 rings (SSSR count). The fourth-order valence-corrected chi connectivity index (χ4v) is 2.60. The van der Waals surface area contributed by atoms with Crippen LogP contribution in [0.1, 0.15) is 37.4 Å². The lowest BCUT2D eigenvalue weighted by molar-refractivity contribution is 0.163. The zero-order valence-electron chi connectivity index (χ0n) is 10.1. The van der Waals surface area contributed by atoms with E-state index in [0.29, 0.717) is 5.02 Å². The fourth-order valence-electron chi connectivity index (χ4n) is 2.38. The van der Waals surface area contributed by atoms with Gasteiger partial charge in [0.1, 0.15) is 0 Å². The fraction of sp³-hybridized carbons (Fsp3) is 0.400. The molecule has 2 nitrogen and oxygen atoms in total. The Labute approximate surface area is 112 Å². The normalized spacial score (nSPS) is 17.0. The molecule has 1 unspecified atom stereocenters. The summed E-state index contributed by atoms with van der Waals surface area (Å²) >= 11 is 6.15. The van der Waals surface area contributed by atoms with Gasteiger partial charge >= 0.3 is 0 Å². The minimum absolute atomic E-state index is 0.430. The highest BCUT2D eigenvalue weighted by Crippen LogP contribution is 2.37. The summed E-state index contributed by atoms with van der Waals surface area (Å²) in [5, 5.41) is 11.9. The van der Waals surface area contributed by atoms with Gasteiger partial charge in [0.05, 0.1) is 11.6 Å². The smallest absolute Gasteiger partial charge is 0.0811 e. The van der Waals surface area contributed by atoms with E-state index in [1.807, 2.05) is 24.3 Å². The largest absolute Gasteiger partial charge is 0.388 e. The summed E-state index contributed by atoms with van der Waals surface area (Å²) < 4.78 is 0. The van der Waals surface area contributed by atoms with Crippen molar-refractivity contribution in [2.75, 3.05) is 0 Å². The van der Waals surface area contributed by atoms with Crippen molar-refractivity contribution < 1.29 is 5.11 Å². The Hall–Kier alpha value is -1.12. The zero-order valence-corrected chi connectivity index (χ0v) is 10.9. The van der Waals surface area contributed by atoms with Gasteiger partial charge in [0.15, 0.2) is 0 Å². The molecule has 0 aliphatic heterocycles. The van der Waals surface area contributed by atoms with E-state index in [2.05, 4.69) is 4.98 Å². The second-order valence-corrected chi connectivity index (χ2v) is 5.48. The number of aliphatic hydroxyl groups is 1. The molecule has 94 valence electrons. The Balaban J connectivity index is 1.92. The van der Waals surface area contributed by atoms with Crippen molar-refractivity contribution in [1.82, 2.24) is 4.98 Å². The average Bonchev–Trinajstić information content (AvgIpc) is 3.21. The van der Waals surface area contributed by atoms with Crippen LogP contribution in [0.2, 0.25) is 5.02 Å². The Morgan fingerprint density at radius 2 is 2.17 bits per heavy atom. The first-order valence-electron chi connectivity index (χ1n) is 6.47. The summed E-state index contributed by atoms with van der Waals surface area (Å²) in [4.78, 5) is 4.36. The van der Waals surface area contributed by atoms with Crippen LogP contribution >= 0.6 is 11.6 Å². The second kappa shape index (κ2) is 4.87. The third-order valence-corrected chi connectivity index (χ3v) is 3.98. The van der Waals surface area contributed by atoms with Gasteiger partial charge in [-0.05, 0) is 37.0 Å². The maximum atomic E-state index is 10.3. The first kappa shape index (κ1) is 11.9. The Bertz CT molecular complexity index is 565. The van der Waals surface area contributed by atoms with Crippen LogP contribution in [0.4, 0.5) is 0 Å². The van der Waals surface area contributed by atoms with Gasteiger partial charge in [0, 0.05) is 22.2 Å². The highest BCUT2D eigenvalue weighted by molar-refractivity contribution is 6.35. The topological polar surface area (TPSA) is 33.1 Å². The first-order chi connectivity index (χ1) is 8.75. The molecule has 1 heterocycles. The highest BCUT2D eigenvalue weighted by Gasteiger charge is 2.23. The van der Waals surface area contributed by atoms with E-state index >= 15 is 0 Å². The van der Waals surface area contributed by atoms with E-state index in [4.69, 9.17) is 11.6 Å². The van der Waals surface area contributed by atoms with Crippen molar-refractivity contribution in [2.24, 2.45) is 5.92 Å². The molecule has 0 saturated heterocycles. The zero-order chi connectivity index (χ0) is 12.5. The van der Waals surface area contributed by atoms with Crippen molar-refractivity contribution in [3.63, 3.8) is 0 Å². The molecule has 2 aromatic rings. The van der Waals surface area contributed by atoms with Gasteiger partial charge in [-0.1, -0.05) is 30.5 Å². The lowest BCUT2D eigenvalue weighted by Gasteiger charge is -2.13. The Morgan fingerprint density at radius 1 is 1.33 bits per heavy atom. The van der Waals surface area contributed by atoms with Crippen molar-refractivity contribution in [2.45, 2.75) is 31.8 Å². The molecule has 1 fully saturated rings. The van der Waals surface area contributed by atoms with E-state index in [1.165, 1.54) is 12.8 Å². The van der Waals surface area contributed by atoms with Gasteiger partial charge in [-0.3, -0.25) is 4.98 Å². The van der Waals surface area contributed by atoms with Crippen molar-refractivity contribution in [3.05, 3.63) is 41.0 Å². The minimum atomic E-state index is -0.430. The molecule has 1 aromatic carbocycles. The standard InChI is InChI=1S/C15H16ClNO/c16-13-7-6-12(14(18)8-5-10-3-4-10)15-11(13)2-1-9-17-15/h1-2,6-7,9-10,14,18H,3-5,8H2. The van der Waals surface area contributed by atoms with Crippen molar-refractivity contribution in [3.8, 4) is 0 Å². The maximum Gasteiger partial charge on any atom is 0.0811 e. The predicted octanol–water partition coefficient (Wildman–Crippen LogP) is 4.11. The van der Waals surface area contributed by atoms with E-state index in [9.17, 15) is 5.11 Å². The van der Waals surface area contributed by atoms with Crippen LogP contribution in [0.25, 0.3) is 10.9 Å². The summed E-state index contributed by atoms with van der Waals surface area (Å²) in [6.45, 7) is 0. The van der Waals surface area contributed by atoms with Gasteiger partial charge in [-0.2, -0.15) is 0 Å². The number of rotatable bonds is 4. The minimum Gasteiger partial charge on any atom is -0.388 e. The van der Waals surface area contributed by atoms with Gasteiger partial charge in [-0.25, -0.2) is 0 Å². The Morgan fingerprint density at radius 3 is 2.94 bits per heavy atom. The van der Waals surface area contributed by atoms with E-state index in [-0.39, 0.29) is 0 Å². The van der Waals surface area contributed by atoms with Gasteiger partial charge in [0.25, 0.3) is 0 Å². The molecule has 1 N–H and O–H groups in total. The first-order valence-corrected chi connectivity index (χ1v) is 6.84. The van der Waals surface area contributed by atoms with Gasteiger partial charge < -0.3 is 5.11 Å². The highest BCUT2D eigenvalue weighted by atomic mass is 35.5. The number of benzene rings is 1. The second-order valence-electron chi connectivity index (χ2n) is 5.07. The number of hydrogen-bond acceptors (Lipinski definition) is 2. The monoisotopic (exact) mass is 261 g/mol. The predicted molar refractivity (Wildman–Crippen MR) is 73.7 cm³/mol. The van der Waals surface area contributed by atoms with Crippen LogP contribution in [0.15, 0.2) is 30.5 Å². The molecule has 18 heavy (non-hydrogen) atoms. The molecular formula is C15H16ClNO. The van der Waals surface area contributed by atoms with Crippen LogP contribution in [0.5, 0.6) is 0 Å². The van der Waals surface area contributed by atoms with E-state index in [1.54, 1.807) is 6.20 Å². The molecule has 0 radical (unpaired) electrons. The SMILES string of the molecule is OC(CCC1CC1)c1ccc(Cl)c2cccnc12. The van der Waals surface area contributed by atoms with Crippen LogP contribution in [0, 0.1) is 5.92 Å². The molecule has 0 amide bonds. The van der Waals surface area contributed by atoms with Crippen LogP contribution in [-0.4, -0.2) is 10.1 Å². The Kier molecular flexibility index (Phi) is 3.23. The quantitative estimate of drug-likeness (QED) is 0.898. The molecule has 1 aliphatic rings. The van der Waals surface area contributed by atoms with Gasteiger partial charge in [0.2, 0.25) is 0 Å². The number of aliphatic hydroxyl groups excluding tert-OH is 1. The molecule has 1 aliphatic carbocycles. The summed E-state index contributed by atoms with van der Waals surface area (Å²) in [7, 11) is 0. The van der Waals surface area contributed by atoms with Crippen LogP contribution in [0.3, 0.4) is 0 Å². The van der Waals surface area contributed by atoms with E-state index in [0.717, 1.165) is 35.2 Å². The number of halogens is 1. The molecule has 0 spiro atoms. The summed E-state index contributed by atoms with van der Waals surface area (Å²) in [5.74, 6) is 0.839. The van der Waals surface area contributed by atoms with Crippen molar-refractivity contribution >= 4 is 22.5 Å². The van der Waals surface area contributed by atoms with Crippen LogP contribution in [-0.2, 0) is 0 Å². The molecule has 1 aromatic heterocycles. The molecule has 0 bridgehead atoms. The molecule has 3 heteroatoms. The molecule has 1 saturated carbocycles. The number of nitrogens with zero attached hydrogens (tertiary/aromatic N) is 1. The van der Waals surface area contributed by atoms with Crippen LogP contribution < -0.4 is 0 Å². The third kappa shape index (κ3) is 2.36. The number of aromatic nitrogens is 1. The van der Waals surface area contributed by atoms with E-state index < -0.39 is 6.10 Å². The molecular weight excluding hydrogens is 246 g/mol.